The van der Waals surface area contributed by atoms with Gasteiger partial charge in [-0.2, -0.15) is 0 Å². The van der Waals surface area contributed by atoms with E-state index < -0.39 is 0 Å². The Morgan fingerprint density at radius 1 is 1.44 bits per heavy atom. The summed E-state index contributed by atoms with van der Waals surface area (Å²) in [6.45, 7) is 5.22. The SMILES string of the molecule is CCNC(Cc1nccs1)c1cccc(C)c1Br. The van der Waals surface area contributed by atoms with Gasteiger partial charge in [0.2, 0.25) is 0 Å². The van der Waals surface area contributed by atoms with Crippen LogP contribution in [0.25, 0.3) is 0 Å². The van der Waals surface area contributed by atoms with Gasteiger partial charge in [0.25, 0.3) is 0 Å². The van der Waals surface area contributed by atoms with Crippen LogP contribution in [0, 0.1) is 6.92 Å². The number of aromatic nitrogens is 1. The Morgan fingerprint density at radius 2 is 2.28 bits per heavy atom. The zero-order valence-electron chi connectivity index (χ0n) is 10.6. The average Bonchev–Trinajstić information content (AvgIpc) is 2.85. The molecule has 0 bridgehead atoms. The minimum Gasteiger partial charge on any atom is -0.310 e. The molecule has 0 amide bonds. The fraction of sp³-hybridized carbons (Fsp3) is 0.357. The second-order valence-electron chi connectivity index (χ2n) is 4.22. The summed E-state index contributed by atoms with van der Waals surface area (Å²) in [4.78, 5) is 4.38. The molecule has 2 aromatic rings. The molecule has 0 aliphatic carbocycles. The van der Waals surface area contributed by atoms with Crippen LogP contribution in [-0.2, 0) is 6.42 Å². The average molecular weight is 325 g/mol. The van der Waals surface area contributed by atoms with Crippen molar-refractivity contribution in [3.8, 4) is 0 Å². The number of benzene rings is 1. The van der Waals surface area contributed by atoms with E-state index in [9.17, 15) is 0 Å². The van der Waals surface area contributed by atoms with Gasteiger partial charge >= 0.3 is 0 Å². The molecule has 96 valence electrons. The van der Waals surface area contributed by atoms with E-state index in [0.29, 0.717) is 6.04 Å². The summed E-state index contributed by atoms with van der Waals surface area (Å²) < 4.78 is 1.20. The number of hydrogen-bond acceptors (Lipinski definition) is 3. The van der Waals surface area contributed by atoms with Gasteiger partial charge in [0.1, 0.15) is 0 Å². The minimum atomic E-state index is 0.315. The van der Waals surface area contributed by atoms with Crippen molar-refractivity contribution >= 4 is 27.3 Å². The zero-order valence-corrected chi connectivity index (χ0v) is 13.0. The first-order valence-electron chi connectivity index (χ1n) is 6.09. The molecule has 0 saturated heterocycles. The molecule has 1 unspecified atom stereocenters. The van der Waals surface area contributed by atoms with E-state index in [4.69, 9.17) is 0 Å². The first kappa shape index (κ1) is 13.7. The van der Waals surface area contributed by atoms with Crippen molar-refractivity contribution < 1.29 is 0 Å². The first-order chi connectivity index (χ1) is 8.72. The van der Waals surface area contributed by atoms with Gasteiger partial charge in [-0.05, 0) is 24.6 Å². The maximum absolute atomic E-state index is 4.38. The quantitative estimate of drug-likeness (QED) is 0.895. The predicted molar refractivity (Wildman–Crippen MR) is 81.1 cm³/mol. The molecule has 0 aliphatic rings. The third-order valence-electron chi connectivity index (χ3n) is 2.91. The van der Waals surface area contributed by atoms with Crippen LogP contribution < -0.4 is 5.32 Å². The van der Waals surface area contributed by atoms with Gasteiger partial charge in [-0.1, -0.05) is 41.1 Å². The van der Waals surface area contributed by atoms with Crippen molar-refractivity contribution in [1.82, 2.24) is 10.3 Å². The van der Waals surface area contributed by atoms with E-state index in [1.165, 1.54) is 20.6 Å². The number of halogens is 1. The molecule has 0 aliphatic heterocycles. The van der Waals surface area contributed by atoms with Crippen LogP contribution in [0.1, 0.15) is 29.1 Å². The lowest BCUT2D eigenvalue weighted by molar-refractivity contribution is 0.546. The highest BCUT2D eigenvalue weighted by atomic mass is 79.9. The number of hydrogen-bond donors (Lipinski definition) is 1. The van der Waals surface area contributed by atoms with Crippen LogP contribution >= 0.6 is 27.3 Å². The zero-order chi connectivity index (χ0) is 13.0. The highest BCUT2D eigenvalue weighted by molar-refractivity contribution is 9.10. The fourth-order valence-electron chi connectivity index (χ4n) is 2.01. The molecule has 0 fully saturated rings. The number of rotatable bonds is 5. The normalized spacial score (nSPS) is 12.6. The van der Waals surface area contributed by atoms with Crippen LogP contribution in [0.5, 0.6) is 0 Å². The molecule has 2 nitrogen and oxygen atoms in total. The standard InChI is InChI=1S/C14H17BrN2S/c1-3-16-12(9-13-17-7-8-18-13)11-6-4-5-10(2)14(11)15/h4-8,12,16H,3,9H2,1-2H3. The number of aryl methyl sites for hydroxylation is 1. The maximum atomic E-state index is 4.38. The van der Waals surface area contributed by atoms with E-state index in [1.54, 1.807) is 11.3 Å². The topological polar surface area (TPSA) is 24.9 Å². The first-order valence-corrected chi connectivity index (χ1v) is 7.76. The van der Waals surface area contributed by atoms with Crippen LogP contribution in [0.2, 0.25) is 0 Å². The molecule has 0 radical (unpaired) electrons. The van der Waals surface area contributed by atoms with Crippen molar-refractivity contribution in [2.24, 2.45) is 0 Å². The van der Waals surface area contributed by atoms with Crippen LogP contribution in [0.15, 0.2) is 34.2 Å². The van der Waals surface area contributed by atoms with Crippen LogP contribution in [0.4, 0.5) is 0 Å². The number of nitrogens with one attached hydrogen (secondary N) is 1. The van der Waals surface area contributed by atoms with Crippen molar-refractivity contribution in [3.05, 3.63) is 50.4 Å². The summed E-state index contributed by atoms with van der Waals surface area (Å²) in [5.41, 5.74) is 2.58. The van der Waals surface area contributed by atoms with Crippen LogP contribution in [0.3, 0.4) is 0 Å². The predicted octanol–water partition coefficient (Wildman–Crippen LogP) is 4.11. The Balaban J connectivity index is 2.26. The van der Waals surface area contributed by atoms with Crippen molar-refractivity contribution in [2.45, 2.75) is 26.3 Å². The molecule has 0 spiro atoms. The largest absolute Gasteiger partial charge is 0.310 e. The van der Waals surface area contributed by atoms with E-state index in [2.05, 4.69) is 58.3 Å². The monoisotopic (exact) mass is 324 g/mol. The molecule has 4 heteroatoms. The molecule has 1 N–H and O–H groups in total. The molecule has 0 saturated carbocycles. The van der Waals surface area contributed by atoms with E-state index >= 15 is 0 Å². The molecular formula is C14H17BrN2S. The Bertz CT molecular complexity index is 497. The van der Waals surface area contributed by atoms with E-state index in [1.807, 2.05) is 11.6 Å². The maximum Gasteiger partial charge on any atom is 0.0943 e. The number of nitrogens with zero attached hydrogens (tertiary/aromatic N) is 1. The summed E-state index contributed by atoms with van der Waals surface area (Å²) in [5.74, 6) is 0. The lowest BCUT2D eigenvalue weighted by atomic mass is 10.0. The molecule has 1 aromatic heterocycles. The van der Waals surface area contributed by atoms with Crippen molar-refractivity contribution in [2.75, 3.05) is 6.54 Å². The second-order valence-corrected chi connectivity index (χ2v) is 5.99. The van der Waals surface area contributed by atoms with Gasteiger partial charge in [-0.25, -0.2) is 4.98 Å². The molecule has 1 atom stereocenters. The van der Waals surface area contributed by atoms with Gasteiger partial charge < -0.3 is 5.32 Å². The summed E-state index contributed by atoms with van der Waals surface area (Å²) in [6, 6.07) is 6.73. The Hall–Kier alpha value is -0.710. The molecule has 2 rings (SSSR count). The summed E-state index contributed by atoms with van der Waals surface area (Å²) in [6.07, 6.45) is 2.81. The fourth-order valence-corrected chi connectivity index (χ4v) is 3.21. The third-order valence-corrected chi connectivity index (χ3v) is 4.80. The Morgan fingerprint density at radius 3 is 2.94 bits per heavy atom. The van der Waals surface area contributed by atoms with Gasteiger partial charge in [0.15, 0.2) is 0 Å². The van der Waals surface area contributed by atoms with Crippen LogP contribution in [-0.4, -0.2) is 11.5 Å². The Labute approximate surface area is 121 Å². The van der Waals surface area contributed by atoms with Gasteiger partial charge in [-0.3, -0.25) is 0 Å². The van der Waals surface area contributed by atoms with Gasteiger partial charge in [0.05, 0.1) is 5.01 Å². The lowest BCUT2D eigenvalue weighted by Crippen LogP contribution is -2.23. The molecule has 1 aromatic carbocycles. The highest BCUT2D eigenvalue weighted by Crippen LogP contribution is 2.29. The summed E-state index contributed by atoms with van der Waals surface area (Å²) in [5, 5.41) is 6.75. The van der Waals surface area contributed by atoms with Gasteiger partial charge in [0, 0.05) is 28.5 Å². The summed E-state index contributed by atoms with van der Waals surface area (Å²) in [7, 11) is 0. The number of thiazole rings is 1. The third kappa shape index (κ3) is 3.19. The smallest absolute Gasteiger partial charge is 0.0943 e. The second kappa shape index (κ2) is 6.45. The molecule has 18 heavy (non-hydrogen) atoms. The Kier molecular flexibility index (Phi) is 4.92. The highest BCUT2D eigenvalue weighted by Gasteiger charge is 2.16. The van der Waals surface area contributed by atoms with Crippen molar-refractivity contribution in [1.29, 1.82) is 0 Å². The van der Waals surface area contributed by atoms with E-state index in [0.717, 1.165) is 13.0 Å². The molecular weight excluding hydrogens is 308 g/mol. The summed E-state index contributed by atoms with van der Waals surface area (Å²) >= 11 is 5.41. The van der Waals surface area contributed by atoms with Crippen molar-refractivity contribution in [3.63, 3.8) is 0 Å². The molecule has 1 heterocycles. The number of likely N-dealkylation sites (N-methyl/N-ethyl adjacent to an activating group) is 1. The minimum absolute atomic E-state index is 0.315. The van der Waals surface area contributed by atoms with E-state index in [-0.39, 0.29) is 0 Å². The lowest BCUT2D eigenvalue weighted by Gasteiger charge is -2.19. The van der Waals surface area contributed by atoms with Gasteiger partial charge in [-0.15, -0.1) is 11.3 Å².